The number of amides is 1. The van der Waals surface area contributed by atoms with Crippen LogP contribution in [0.2, 0.25) is 0 Å². The molecule has 4 N–H and O–H groups in total. The van der Waals surface area contributed by atoms with Gasteiger partial charge in [0.2, 0.25) is 5.91 Å². The molecule has 1 amide bonds. The van der Waals surface area contributed by atoms with E-state index < -0.39 is 12.1 Å². The van der Waals surface area contributed by atoms with Crippen LogP contribution in [0.15, 0.2) is 0 Å². The molecule has 0 aliphatic heterocycles. The van der Waals surface area contributed by atoms with E-state index in [4.69, 9.17) is 10.8 Å². The first kappa shape index (κ1) is 11.4. The predicted octanol–water partition coefficient (Wildman–Crippen LogP) is -0.389. The maximum atomic E-state index is 11.1. The molecule has 0 radical (unpaired) electrons. The lowest BCUT2D eigenvalue weighted by Crippen LogP contribution is -2.42. The van der Waals surface area contributed by atoms with Crippen LogP contribution in [0, 0.1) is 0 Å². The molecule has 2 atom stereocenters. The largest absolute Gasteiger partial charge is 0.392 e. The summed E-state index contributed by atoms with van der Waals surface area (Å²) in [6.45, 7) is 3.86. The molecule has 4 heteroatoms. The van der Waals surface area contributed by atoms with Crippen LogP contribution in [0.1, 0.15) is 26.7 Å². The Morgan fingerprint density at radius 2 is 2.25 bits per heavy atom. The zero-order valence-corrected chi connectivity index (χ0v) is 7.71. The van der Waals surface area contributed by atoms with Crippen LogP contribution in [-0.4, -0.2) is 29.7 Å². The van der Waals surface area contributed by atoms with Crippen molar-refractivity contribution >= 4 is 5.91 Å². The summed E-state index contributed by atoms with van der Waals surface area (Å²) < 4.78 is 0. The Labute approximate surface area is 73.1 Å². The third-order valence-electron chi connectivity index (χ3n) is 1.51. The van der Waals surface area contributed by atoms with Gasteiger partial charge >= 0.3 is 0 Å². The second-order valence-electron chi connectivity index (χ2n) is 2.99. The van der Waals surface area contributed by atoms with Gasteiger partial charge in [-0.3, -0.25) is 4.79 Å². The van der Waals surface area contributed by atoms with E-state index in [1.54, 1.807) is 6.92 Å². The molecule has 0 spiro atoms. The topological polar surface area (TPSA) is 75.4 Å². The molecule has 0 aromatic rings. The number of nitrogens with two attached hydrogens (primary N) is 1. The molecule has 0 unspecified atom stereocenters. The summed E-state index contributed by atoms with van der Waals surface area (Å²) in [5, 5.41) is 11.4. The van der Waals surface area contributed by atoms with Crippen LogP contribution in [0.4, 0.5) is 0 Å². The highest BCUT2D eigenvalue weighted by atomic mass is 16.3. The normalized spacial score (nSPS) is 15.3. The molecule has 0 saturated heterocycles. The Bertz CT molecular complexity index is 137. The van der Waals surface area contributed by atoms with Crippen LogP contribution in [-0.2, 0) is 4.79 Å². The minimum Gasteiger partial charge on any atom is -0.392 e. The van der Waals surface area contributed by atoms with Gasteiger partial charge in [-0.15, -0.1) is 0 Å². The van der Waals surface area contributed by atoms with Gasteiger partial charge in [-0.2, -0.15) is 0 Å². The summed E-state index contributed by atoms with van der Waals surface area (Å²) in [5.41, 5.74) is 5.52. The molecule has 0 aliphatic rings. The zero-order valence-electron chi connectivity index (χ0n) is 7.71. The number of hydrogen-bond donors (Lipinski definition) is 3. The first-order chi connectivity index (χ1) is 5.57. The van der Waals surface area contributed by atoms with Crippen molar-refractivity contribution in [1.29, 1.82) is 0 Å². The van der Waals surface area contributed by atoms with Gasteiger partial charge in [-0.05, 0) is 13.3 Å². The molecule has 72 valence electrons. The van der Waals surface area contributed by atoms with Crippen molar-refractivity contribution in [3.05, 3.63) is 0 Å². The van der Waals surface area contributed by atoms with E-state index in [0.29, 0.717) is 6.42 Å². The minimum atomic E-state index is -0.511. The molecule has 0 heterocycles. The van der Waals surface area contributed by atoms with Crippen LogP contribution in [0.5, 0.6) is 0 Å². The van der Waals surface area contributed by atoms with Gasteiger partial charge in [0.1, 0.15) is 0 Å². The van der Waals surface area contributed by atoms with Gasteiger partial charge in [0.15, 0.2) is 0 Å². The van der Waals surface area contributed by atoms with Crippen molar-refractivity contribution in [3.8, 4) is 0 Å². The van der Waals surface area contributed by atoms with Gasteiger partial charge in [-0.1, -0.05) is 13.3 Å². The molecule has 0 aromatic carbocycles. The predicted molar refractivity (Wildman–Crippen MR) is 47.6 cm³/mol. The first-order valence-electron chi connectivity index (χ1n) is 4.29. The van der Waals surface area contributed by atoms with E-state index in [2.05, 4.69) is 5.32 Å². The highest BCUT2D eigenvalue weighted by Crippen LogP contribution is 1.92. The molecule has 0 aliphatic carbocycles. The fraction of sp³-hybridized carbons (Fsp3) is 0.875. The Morgan fingerprint density at radius 1 is 1.67 bits per heavy atom. The highest BCUT2D eigenvalue weighted by molar-refractivity contribution is 5.81. The van der Waals surface area contributed by atoms with E-state index in [1.165, 1.54) is 0 Å². The summed E-state index contributed by atoms with van der Waals surface area (Å²) in [6.07, 6.45) is 1.07. The first-order valence-corrected chi connectivity index (χ1v) is 4.29. The zero-order chi connectivity index (χ0) is 9.56. The maximum Gasteiger partial charge on any atom is 0.237 e. The van der Waals surface area contributed by atoms with Crippen LogP contribution in [0.3, 0.4) is 0 Å². The molecule has 0 fully saturated rings. The Hall–Kier alpha value is -0.610. The number of aliphatic hydroxyl groups is 1. The highest BCUT2D eigenvalue weighted by Gasteiger charge is 2.11. The van der Waals surface area contributed by atoms with Gasteiger partial charge in [-0.25, -0.2) is 0 Å². The standard InChI is InChI=1S/C8H18N2O2/c1-3-4-7(9)8(12)10-5-6(2)11/h6-7,11H,3-5,9H2,1-2H3,(H,10,12)/t6-,7-/m1/s1. The van der Waals surface area contributed by atoms with Gasteiger partial charge in [0.25, 0.3) is 0 Å². The van der Waals surface area contributed by atoms with Crippen LogP contribution < -0.4 is 11.1 Å². The lowest BCUT2D eigenvalue weighted by atomic mass is 10.1. The number of rotatable bonds is 5. The lowest BCUT2D eigenvalue weighted by molar-refractivity contribution is -0.122. The number of hydrogen-bond acceptors (Lipinski definition) is 3. The van der Waals surface area contributed by atoms with E-state index in [-0.39, 0.29) is 12.5 Å². The molecule has 4 nitrogen and oxygen atoms in total. The third-order valence-corrected chi connectivity index (χ3v) is 1.51. The van der Waals surface area contributed by atoms with E-state index >= 15 is 0 Å². The van der Waals surface area contributed by atoms with E-state index in [0.717, 1.165) is 6.42 Å². The summed E-state index contributed by atoms with van der Waals surface area (Å²) >= 11 is 0. The Morgan fingerprint density at radius 3 is 2.67 bits per heavy atom. The second-order valence-corrected chi connectivity index (χ2v) is 2.99. The van der Waals surface area contributed by atoms with Crippen molar-refractivity contribution in [2.45, 2.75) is 38.8 Å². The van der Waals surface area contributed by atoms with E-state index in [1.807, 2.05) is 6.92 Å². The number of carbonyl (C=O) groups is 1. The fourth-order valence-electron chi connectivity index (χ4n) is 0.821. The smallest absolute Gasteiger partial charge is 0.237 e. The molecule has 12 heavy (non-hydrogen) atoms. The molecule has 0 saturated carbocycles. The quantitative estimate of drug-likeness (QED) is 0.531. The Balaban J connectivity index is 3.57. The van der Waals surface area contributed by atoms with Crippen LogP contribution >= 0.6 is 0 Å². The van der Waals surface area contributed by atoms with Crippen molar-refractivity contribution in [2.24, 2.45) is 5.73 Å². The third kappa shape index (κ3) is 5.09. The summed E-state index contributed by atoms with van der Waals surface area (Å²) in [7, 11) is 0. The second kappa shape index (κ2) is 5.97. The molecule has 0 bridgehead atoms. The maximum absolute atomic E-state index is 11.1. The molecule has 0 rings (SSSR count). The minimum absolute atomic E-state index is 0.183. The average Bonchev–Trinajstić information content (AvgIpc) is 2.00. The molecular formula is C8H18N2O2. The number of nitrogens with one attached hydrogen (secondary N) is 1. The average molecular weight is 174 g/mol. The van der Waals surface area contributed by atoms with Gasteiger partial charge < -0.3 is 16.2 Å². The number of aliphatic hydroxyl groups excluding tert-OH is 1. The summed E-state index contributed by atoms with van der Waals surface area (Å²) in [5.74, 6) is -0.183. The molecule has 0 aromatic heterocycles. The Kier molecular flexibility index (Phi) is 5.66. The van der Waals surface area contributed by atoms with Crippen molar-refractivity contribution < 1.29 is 9.90 Å². The lowest BCUT2D eigenvalue weighted by Gasteiger charge is -2.11. The number of carbonyl (C=O) groups excluding carboxylic acids is 1. The van der Waals surface area contributed by atoms with Gasteiger partial charge in [0.05, 0.1) is 12.1 Å². The summed E-state index contributed by atoms with van der Waals surface area (Å²) in [4.78, 5) is 11.1. The SMILES string of the molecule is CCC[C@@H](N)C(=O)NC[C@@H](C)O. The van der Waals surface area contributed by atoms with Crippen LogP contribution in [0.25, 0.3) is 0 Å². The van der Waals surface area contributed by atoms with Crippen molar-refractivity contribution in [3.63, 3.8) is 0 Å². The fourth-order valence-corrected chi connectivity index (χ4v) is 0.821. The monoisotopic (exact) mass is 174 g/mol. The van der Waals surface area contributed by atoms with Crippen molar-refractivity contribution in [1.82, 2.24) is 5.32 Å². The van der Waals surface area contributed by atoms with Gasteiger partial charge in [0, 0.05) is 6.54 Å². The molecular weight excluding hydrogens is 156 g/mol. The summed E-state index contributed by atoms with van der Waals surface area (Å²) in [6, 6.07) is -0.436. The van der Waals surface area contributed by atoms with E-state index in [9.17, 15) is 4.79 Å². The van der Waals surface area contributed by atoms with Crippen molar-refractivity contribution in [2.75, 3.05) is 6.54 Å².